The van der Waals surface area contributed by atoms with Crippen LogP contribution in [0, 0.1) is 0 Å². The molecule has 0 rings (SSSR count). The van der Waals surface area contributed by atoms with Crippen LogP contribution < -0.4 is 0 Å². The first-order valence-corrected chi connectivity index (χ1v) is 15.5. The standard InChI is InChI=1S/C31H60O4/c1-3-5-7-9-11-13-15-16-18-20-22-25-29(26-24-27-30(32)33)35-31(34)28-23-21-19-17-14-12-10-8-6-4-2/h29H,3-28H2,1-2H3,(H,32,33). The monoisotopic (exact) mass is 496 g/mol. The minimum atomic E-state index is -0.768. The molecule has 0 aliphatic rings. The summed E-state index contributed by atoms with van der Waals surface area (Å²) in [5.74, 6) is -0.858. The molecule has 1 atom stereocenters. The lowest BCUT2D eigenvalue weighted by molar-refractivity contribution is -0.150. The van der Waals surface area contributed by atoms with Gasteiger partial charge in [0.25, 0.3) is 0 Å². The molecule has 0 aromatic rings. The van der Waals surface area contributed by atoms with Crippen molar-refractivity contribution in [3.05, 3.63) is 0 Å². The minimum Gasteiger partial charge on any atom is -0.481 e. The number of hydrogen-bond acceptors (Lipinski definition) is 3. The van der Waals surface area contributed by atoms with Gasteiger partial charge in [-0.15, -0.1) is 0 Å². The molecule has 0 aliphatic carbocycles. The molecule has 4 heteroatoms. The summed E-state index contributed by atoms with van der Waals surface area (Å²) >= 11 is 0. The van der Waals surface area contributed by atoms with Gasteiger partial charge in [0.1, 0.15) is 6.10 Å². The van der Waals surface area contributed by atoms with E-state index in [1.165, 1.54) is 116 Å². The second-order valence-electron chi connectivity index (χ2n) is 10.7. The quantitative estimate of drug-likeness (QED) is 0.0864. The Labute approximate surface area is 218 Å². The van der Waals surface area contributed by atoms with Crippen molar-refractivity contribution in [1.29, 1.82) is 0 Å². The summed E-state index contributed by atoms with van der Waals surface area (Å²) in [6.07, 6.45) is 29.6. The van der Waals surface area contributed by atoms with E-state index in [1.807, 2.05) is 0 Å². The average Bonchev–Trinajstić information content (AvgIpc) is 2.83. The van der Waals surface area contributed by atoms with Crippen molar-refractivity contribution in [2.75, 3.05) is 0 Å². The predicted octanol–water partition coefficient (Wildman–Crippen LogP) is 10.2. The van der Waals surface area contributed by atoms with Crippen LogP contribution in [0.5, 0.6) is 0 Å². The third kappa shape index (κ3) is 27.4. The number of hydrogen-bond donors (Lipinski definition) is 1. The summed E-state index contributed by atoms with van der Waals surface area (Å²) in [4.78, 5) is 23.2. The van der Waals surface area contributed by atoms with E-state index >= 15 is 0 Å². The van der Waals surface area contributed by atoms with Crippen LogP contribution in [-0.4, -0.2) is 23.1 Å². The average molecular weight is 497 g/mol. The van der Waals surface area contributed by atoms with Crippen LogP contribution in [0.2, 0.25) is 0 Å². The first-order chi connectivity index (χ1) is 17.1. The van der Waals surface area contributed by atoms with Gasteiger partial charge in [-0.05, 0) is 32.1 Å². The number of rotatable bonds is 28. The molecule has 1 unspecified atom stereocenters. The highest BCUT2D eigenvalue weighted by molar-refractivity contribution is 5.69. The lowest BCUT2D eigenvalue weighted by Gasteiger charge is -2.18. The van der Waals surface area contributed by atoms with Gasteiger partial charge in [-0.2, -0.15) is 0 Å². The van der Waals surface area contributed by atoms with Crippen molar-refractivity contribution in [3.63, 3.8) is 0 Å². The van der Waals surface area contributed by atoms with Crippen molar-refractivity contribution in [1.82, 2.24) is 0 Å². The first kappa shape index (κ1) is 33.9. The van der Waals surface area contributed by atoms with Crippen LogP contribution in [0.25, 0.3) is 0 Å². The molecule has 0 heterocycles. The summed E-state index contributed by atoms with van der Waals surface area (Å²) in [7, 11) is 0. The van der Waals surface area contributed by atoms with E-state index in [-0.39, 0.29) is 18.5 Å². The SMILES string of the molecule is CCCCCCCCCCCCCC(CCCC(=O)O)OC(=O)CCCCCCCCCCCC. The molecule has 0 saturated heterocycles. The fraction of sp³-hybridized carbons (Fsp3) is 0.935. The highest BCUT2D eigenvalue weighted by atomic mass is 16.5. The Balaban J connectivity index is 3.87. The summed E-state index contributed by atoms with van der Waals surface area (Å²) in [5.41, 5.74) is 0. The molecular formula is C31H60O4. The number of esters is 1. The summed E-state index contributed by atoms with van der Waals surface area (Å²) in [6, 6.07) is 0. The molecule has 0 aliphatic heterocycles. The number of carbonyl (C=O) groups is 2. The molecular weight excluding hydrogens is 436 g/mol. The van der Waals surface area contributed by atoms with Crippen LogP contribution in [0.1, 0.15) is 181 Å². The smallest absolute Gasteiger partial charge is 0.306 e. The van der Waals surface area contributed by atoms with E-state index in [0.717, 1.165) is 25.7 Å². The Hall–Kier alpha value is -1.06. The largest absolute Gasteiger partial charge is 0.481 e. The van der Waals surface area contributed by atoms with Crippen molar-refractivity contribution in [3.8, 4) is 0 Å². The fourth-order valence-corrected chi connectivity index (χ4v) is 4.78. The van der Waals surface area contributed by atoms with Gasteiger partial charge in [-0.3, -0.25) is 9.59 Å². The number of ether oxygens (including phenoxy) is 1. The maximum Gasteiger partial charge on any atom is 0.306 e. The normalized spacial score (nSPS) is 12.1. The van der Waals surface area contributed by atoms with E-state index in [1.54, 1.807) is 0 Å². The lowest BCUT2D eigenvalue weighted by atomic mass is 10.0. The zero-order valence-corrected chi connectivity index (χ0v) is 23.6. The third-order valence-electron chi connectivity index (χ3n) is 7.08. The maximum absolute atomic E-state index is 12.3. The number of carboxylic acids is 1. The van der Waals surface area contributed by atoms with Crippen LogP contribution in [0.3, 0.4) is 0 Å². The van der Waals surface area contributed by atoms with Crippen molar-refractivity contribution in [2.45, 2.75) is 187 Å². The second-order valence-corrected chi connectivity index (χ2v) is 10.7. The number of carboxylic acid groups (broad SMARTS) is 1. The highest BCUT2D eigenvalue weighted by Crippen LogP contribution is 2.18. The van der Waals surface area contributed by atoms with E-state index in [9.17, 15) is 9.59 Å². The van der Waals surface area contributed by atoms with Crippen molar-refractivity contribution in [2.24, 2.45) is 0 Å². The lowest BCUT2D eigenvalue weighted by Crippen LogP contribution is -2.18. The fourth-order valence-electron chi connectivity index (χ4n) is 4.78. The Morgan fingerprint density at radius 1 is 0.514 bits per heavy atom. The molecule has 0 amide bonds. The van der Waals surface area contributed by atoms with Gasteiger partial charge >= 0.3 is 11.9 Å². The molecule has 1 N–H and O–H groups in total. The Morgan fingerprint density at radius 2 is 0.886 bits per heavy atom. The number of unbranched alkanes of at least 4 members (excludes halogenated alkanes) is 19. The predicted molar refractivity (Wildman–Crippen MR) is 149 cm³/mol. The Bertz CT molecular complexity index is 463. The van der Waals surface area contributed by atoms with Crippen molar-refractivity contribution >= 4 is 11.9 Å². The maximum atomic E-state index is 12.3. The van der Waals surface area contributed by atoms with Gasteiger partial charge < -0.3 is 9.84 Å². The van der Waals surface area contributed by atoms with E-state index in [0.29, 0.717) is 19.3 Å². The van der Waals surface area contributed by atoms with Crippen LogP contribution in [0.4, 0.5) is 0 Å². The van der Waals surface area contributed by atoms with Crippen molar-refractivity contribution < 1.29 is 19.4 Å². The molecule has 0 radical (unpaired) electrons. The third-order valence-corrected chi connectivity index (χ3v) is 7.08. The van der Waals surface area contributed by atoms with Gasteiger partial charge in [0.15, 0.2) is 0 Å². The highest BCUT2D eigenvalue weighted by Gasteiger charge is 2.15. The first-order valence-electron chi connectivity index (χ1n) is 15.5. The van der Waals surface area contributed by atoms with Gasteiger partial charge in [-0.25, -0.2) is 0 Å². The topological polar surface area (TPSA) is 63.6 Å². The summed E-state index contributed by atoms with van der Waals surface area (Å²) in [6.45, 7) is 4.51. The molecule has 0 spiro atoms. The molecule has 0 aromatic carbocycles. The van der Waals surface area contributed by atoms with Gasteiger partial charge in [0.05, 0.1) is 0 Å². The minimum absolute atomic E-state index is 0.0898. The van der Waals surface area contributed by atoms with E-state index < -0.39 is 5.97 Å². The molecule has 208 valence electrons. The van der Waals surface area contributed by atoms with Crippen LogP contribution in [-0.2, 0) is 14.3 Å². The van der Waals surface area contributed by atoms with E-state index in [2.05, 4.69) is 13.8 Å². The van der Waals surface area contributed by atoms with Gasteiger partial charge in [0, 0.05) is 12.8 Å². The molecule has 4 nitrogen and oxygen atoms in total. The second kappa shape index (κ2) is 27.5. The Kier molecular flexibility index (Phi) is 26.7. The zero-order chi connectivity index (χ0) is 25.8. The zero-order valence-electron chi connectivity index (χ0n) is 23.6. The van der Waals surface area contributed by atoms with Crippen LogP contribution in [0.15, 0.2) is 0 Å². The Morgan fingerprint density at radius 3 is 1.31 bits per heavy atom. The number of carbonyl (C=O) groups excluding carboxylic acids is 1. The summed E-state index contributed by atoms with van der Waals surface area (Å²) in [5, 5.41) is 8.94. The van der Waals surface area contributed by atoms with Gasteiger partial charge in [0.2, 0.25) is 0 Å². The van der Waals surface area contributed by atoms with E-state index in [4.69, 9.17) is 9.84 Å². The molecule has 0 aromatic heterocycles. The van der Waals surface area contributed by atoms with Gasteiger partial charge in [-0.1, -0.05) is 136 Å². The summed E-state index contributed by atoms with van der Waals surface area (Å²) < 4.78 is 5.77. The number of aliphatic carboxylic acids is 1. The molecule has 0 fully saturated rings. The molecule has 0 saturated carbocycles. The molecule has 35 heavy (non-hydrogen) atoms. The molecule has 0 bridgehead atoms. The van der Waals surface area contributed by atoms with Crippen LogP contribution >= 0.6 is 0 Å².